The Morgan fingerprint density at radius 3 is 2.10 bits per heavy atom. The molecule has 40 heavy (non-hydrogen) atoms. The van der Waals surface area contributed by atoms with Crippen molar-refractivity contribution in [3.63, 3.8) is 0 Å². The molecule has 2 unspecified atom stereocenters. The second-order valence-corrected chi connectivity index (χ2v) is 13.3. The molecule has 2 fully saturated rings. The molecule has 1 aromatic carbocycles. The summed E-state index contributed by atoms with van der Waals surface area (Å²) in [5.74, 6) is 1.81. The van der Waals surface area contributed by atoms with Crippen LogP contribution in [0.1, 0.15) is 117 Å². The standard InChI is InChI=1S/C32H52BNO5S/c1-31(2)32(3,4)39-33(38-31)28-18-16-25(17-19-28)24-37-30(36)22-26-14-15-27(21-26)23-34-29(35)13-11-9-7-5-6-8-10-12-20-40/h16-19,26-27,40H,5-15,20-24H2,1-4H3,(H,34,35). The van der Waals surface area contributed by atoms with Crippen molar-refractivity contribution in [2.75, 3.05) is 12.3 Å². The maximum atomic E-state index is 12.5. The third-order valence-corrected chi connectivity index (χ3v) is 9.23. The Kier molecular flexibility index (Phi) is 13.4. The summed E-state index contributed by atoms with van der Waals surface area (Å²) in [4.78, 5) is 24.7. The Labute approximate surface area is 248 Å². The summed E-state index contributed by atoms with van der Waals surface area (Å²) in [6.45, 7) is 9.17. The number of thiol groups is 1. The average molecular weight is 574 g/mol. The van der Waals surface area contributed by atoms with Gasteiger partial charge in [0.25, 0.3) is 0 Å². The molecule has 0 spiro atoms. The third kappa shape index (κ3) is 10.7. The fraction of sp³-hybridized carbons (Fsp3) is 0.750. The van der Waals surface area contributed by atoms with Gasteiger partial charge in [-0.1, -0.05) is 62.8 Å². The summed E-state index contributed by atoms with van der Waals surface area (Å²) in [6, 6.07) is 7.89. The van der Waals surface area contributed by atoms with E-state index in [2.05, 4.69) is 17.9 Å². The van der Waals surface area contributed by atoms with Crippen molar-refractivity contribution in [3.05, 3.63) is 29.8 Å². The lowest BCUT2D eigenvalue weighted by Gasteiger charge is -2.32. The first-order valence-corrected chi connectivity index (χ1v) is 16.2. The first kappa shape index (κ1) is 33.0. The van der Waals surface area contributed by atoms with Gasteiger partial charge >= 0.3 is 13.1 Å². The summed E-state index contributed by atoms with van der Waals surface area (Å²) < 4.78 is 17.8. The monoisotopic (exact) mass is 573 g/mol. The van der Waals surface area contributed by atoms with Gasteiger partial charge in [-0.05, 0) is 88.4 Å². The van der Waals surface area contributed by atoms with E-state index in [1.165, 1.54) is 38.5 Å². The molecule has 1 heterocycles. The number of unbranched alkanes of at least 4 members (excludes halogenated alkanes) is 7. The molecule has 224 valence electrons. The maximum Gasteiger partial charge on any atom is 0.494 e. The minimum absolute atomic E-state index is 0.147. The van der Waals surface area contributed by atoms with Gasteiger partial charge in [-0.15, -0.1) is 0 Å². The van der Waals surface area contributed by atoms with Crippen molar-refractivity contribution >= 4 is 37.1 Å². The van der Waals surface area contributed by atoms with Gasteiger partial charge in [0.1, 0.15) is 6.61 Å². The fourth-order valence-corrected chi connectivity index (χ4v) is 5.79. The second-order valence-electron chi connectivity index (χ2n) is 12.8. The molecule has 8 heteroatoms. The van der Waals surface area contributed by atoms with E-state index < -0.39 is 7.12 Å². The van der Waals surface area contributed by atoms with E-state index >= 15 is 0 Å². The summed E-state index contributed by atoms with van der Waals surface area (Å²) in [5, 5.41) is 3.12. The molecule has 2 aliphatic rings. The van der Waals surface area contributed by atoms with Crippen molar-refractivity contribution in [2.24, 2.45) is 11.8 Å². The number of ether oxygens (including phenoxy) is 1. The molecule has 0 radical (unpaired) electrons. The number of carbonyl (C=O) groups excluding carboxylic acids is 2. The predicted octanol–water partition coefficient (Wildman–Crippen LogP) is 6.39. The minimum atomic E-state index is -0.394. The molecule has 1 aromatic rings. The summed E-state index contributed by atoms with van der Waals surface area (Å²) in [5.41, 5.74) is 1.16. The van der Waals surface area contributed by atoms with Gasteiger partial charge in [-0.3, -0.25) is 9.59 Å². The molecule has 1 saturated carbocycles. The zero-order valence-corrected chi connectivity index (χ0v) is 26.2. The Hall–Kier alpha value is -1.51. The highest BCUT2D eigenvalue weighted by molar-refractivity contribution is 7.80. The number of carbonyl (C=O) groups is 2. The highest BCUT2D eigenvalue weighted by Gasteiger charge is 2.51. The smallest absolute Gasteiger partial charge is 0.461 e. The maximum absolute atomic E-state index is 12.5. The second kappa shape index (κ2) is 16.2. The minimum Gasteiger partial charge on any atom is -0.461 e. The molecule has 1 saturated heterocycles. The van der Waals surface area contributed by atoms with E-state index in [0.717, 1.165) is 55.4 Å². The van der Waals surface area contributed by atoms with Gasteiger partial charge in [0, 0.05) is 19.4 Å². The normalized spacial score (nSPS) is 21.5. The molecule has 6 nitrogen and oxygen atoms in total. The van der Waals surface area contributed by atoms with Crippen molar-refractivity contribution in [1.29, 1.82) is 0 Å². The molecule has 2 atom stereocenters. The van der Waals surface area contributed by atoms with E-state index in [1.807, 2.05) is 52.0 Å². The van der Waals surface area contributed by atoms with E-state index in [0.29, 0.717) is 24.7 Å². The molecule has 3 rings (SSSR count). The molecule has 1 aliphatic heterocycles. The fourth-order valence-electron chi connectivity index (χ4n) is 5.56. The number of esters is 1. The zero-order chi connectivity index (χ0) is 29.0. The Bertz CT molecular complexity index is 906. The number of amides is 1. The topological polar surface area (TPSA) is 73.9 Å². The van der Waals surface area contributed by atoms with Crippen molar-refractivity contribution < 1.29 is 23.6 Å². The van der Waals surface area contributed by atoms with Gasteiger partial charge in [-0.2, -0.15) is 12.6 Å². The summed E-state index contributed by atoms with van der Waals surface area (Å²) in [7, 11) is -0.394. The lowest BCUT2D eigenvalue weighted by atomic mass is 9.79. The zero-order valence-electron chi connectivity index (χ0n) is 25.3. The molecular weight excluding hydrogens is 521 g/mol. The van der Waals surface area contributed by atoms with Crippen molar-refractivity contribution in [2.45, 2.75) is 129 Å². The van der Waals surface area contributed by atoms with Crippen LogP contribution in [0.2, 0.25) is 0 Å². The van der Waals surface area contributed by atoms with Crippen LogP contribution in [0.4, 0.5) is 0 Å². The number of hydrogen-bond acceptors (Lipinski definition) is 6. The first-order chi connectivity index (χ1) is 19.1. The number of rotatable bonds is 17. The van der Waals surface area contributed by atoms with Crippen LogP contribution in [0.15, 0.2) is 24.3 Å². The largest absolute Gasteiger partial charge is 0.494 e. The van der Waals surface area contributed by atoms with Crippen LogP contribution in [0.3, 0.4) is 0 Å². The van der Waals surface area contributed by atoms with Crippen LogP contribution in [0, 0.1) is 11.8 Å². The van der Waals surface area contributed by atoms with Gasteiger partial charge in [-0.25, -0.2) is 0 Å². The van der Waals surface area contributed by atoms with Crippen LogP contribution in [0.25, 0.3) is 0 Å². The molecule has 0 bridgehead atoms. The van der Waals surface area contributed by atoms with Crippen LogP contribution >= 0.6 is 12.6 Å². The SMILES string of the molecule is CC1(C)OB(c2ccc(COC(=O)CC3CCC(CNC(=O)CCCCCCCCCCS)C3)cc2)OC1(C)C. The van der Waals surface area contributed by atoms with E-state index in [4.69, 9.17) is 14.0 Å². The number of benzene rings is 1. The molecule has 1 amide bonds. The van der Waals surface area contributed by atoms with E-state index in [9.17, 15) is 9.59 Å². The van der Waals surface area contributed by atoms with Gasteiger partial charge < -0.3 is 19.4 Å². The van der Waals surface area contributed by atoms with E-state index in [1.54, 1.807) is 0 Å². The van der Waals surface area contributed by atoms with Crippen molar-refractivity contribution in [1.82, 2.24) is 5.32 Å². The van der Waals surface area contributed by atoms with Crippen LogP contribution in [-0.2, 0) is 30.2 Å². The third-order valence-electron chi connectivity index (χ3n) is 8.91. The first-order valence-electron chi connectivity index (χ1n) is 15.6. The molecule has 1 N–H and O–H groups in total. The Morgan fingerprint density at radius 1 is 0.900 bits per heavy atom. The van der Waals surface area contributed by atoms with Crippen LogP contribution in [-0.4, -0.2) is 42.5 Å². The highest BCUT2D eigenvalue weighted by atomic mass is 32.1. The van der Waals surface area contributed by atoms with Gasteiger partial charge in [0.05, 0.1) is 11.2 Å². The molecule has 1 aliphatic carbocycles. The predicted molar refractivity (Wildman–Crippen MR) is 166 cm³/mol. The number of nitrogens with one attached hydrogen (secondary N) is 1. The lowest BCUT2D eigenvalue weighted by molar-refractivity contribution is -0.146. The quantitative estimate of drug-likeness (QED) is 0.0978. The molecular formula is C32H52BNO5S. The van der Waals surface area contributed by atoms with E-state index in [-0.39, 0.29) is 29.7 Å². The summed E-state index contributed by atoms with van der Waals surface area (Å²) >= 11 is 4.25. The molecule has 0 aromatic heterocycles. The highest BCUT2D eigenvalue weighted by Crippen LogP contribution is 2.36. The Balaban J connectivity index is 1.24. The Morgan fingerprint density at radius 2 is 1.48 bits per heavy atom. The van der Waals surface area contributed by atoms with Gasteiger partial charge in [0.2, 0.25) is 5.91 Å². The van der Waals surface area contributed by atoms with Crippen LogP contribution in [0.5, 0.6) is 0 Å². The van der Waals surface area contributed by atoms with Crippen molar-refractivity contribution in [3.8, 4) is 0 Å². The van der Waals surface area contributed by atoms with Gasteiger partial charge in [0.15, 0.2) is 0 Å². The number of hydrogen-bond donors (Lipinski definition) is 2. The average Bonchev–Trinajstić information content (AvgIpc) is 3.45. The summed E-state index contributed by atoms with van der Waals surface area (Å²) in [6.07, 6.45) is 13.8. The lowest BCUT2D eigenvalue weighted by Crippen LogP contribution is -2.41. The van der Waals surface area contributed by atoms with Crippen LogP contribution < -0.4 is 10.8 Å².